The molecule has 0 saturated heterocycles. The predicted molar refractivity (Wildman–Crippen MR) is 131 cm³/mol. The lowest BCUT2D eigenvalue weighted by Gasteiger charge is -2.25. The number of ether oxygens (including phenoxy) is 1. The quantitative estimate of drug-likeness (QED) is 0.365. The van der Waals surface area contributed by atoms with Gasteiger partial charge in [-0.25, -0.2) is 13.2 Å². The number of alkyl carbamates (subject to hydrolysis) is 1. The third kappa shape index (κ3) is 7.27. The second-order valence-corrected chi connectivity index (χ2v) is 11.8. The highest BCUT2D eigenvalue weighted by Crippen LogP contribution is 2.53. The maximum absolute atomic E-state index is 13.4. The molecule has 8 nitrogen and oxygen atoms in total. The Balaban J connectivity index is 1.67. The summed E-state index contributed by atoms with van der Waals surface area (Å²) in [5.74, 6) is -1.88. The van der Waals surface area contributed by atoms with Gasteiger partial charge in [-0.15, -0.1) is 0 Å². The minimum atomic E-state index is -4.19. The fraction of sp³-hybridized carbons (Fsp3) is 0.208. The first-order valence-electron chi connectivity index (χ1n) is 10.6. The summed E-state index contributed by atoms with van der Waals surface area (Å²) in [7, 11) is -8.23. The molecule has 180 valence electrons. The Hall–Kier alpha value is -2.97. The third-order valence-corrected chi connectivity index (χ3v) is 8.69. The molecule has 10 heteroatoms. The summed E-state index contributed by atoms with van der Waals surface area (Å²) in [5.41, 5.74) is 2.09. The van der Waals surface area contributed by atoms with Crippen molar-refractivity contribution >= 4 is 28.8 Å². The van der Waals surface area contributed by atoms with Crippen molar-refractivity contribution in [3.05, 3.63) is 102 Å². The third-order valence-electron chi connectivity index (χ3n) is 5.01. The molecule has 3 rings (SSSR count). The van der Waals surface area contributed by atoms with Gasteiger partial charge in [0.1, 0.15) is 12.4 Å². The van der Waals surface area contributed by atoms with Crippen molar-refractivity contribution in [2.24, 2.45) is 0 Å². The Morgan fingerprint density at radius 2 is 1.56 bits per heavy atom. The Labute approximate surface area is 199 Å². The molecular weight excluding hydrogens is 475 g/mol. The molecule has 0 fully saturated rings. The highest BCUT2D eigenvalue weighted by molar-refractivity contribution is 7.89. The van der Waals surface area contributed by atoms with Crippen molar-refractivity contribution in [3.63, 3.8) is 0 Å². The Kier molecular flexibility index (Phi) is 8.63. The van der Waals surface area contributed by atoms with Gasteiger partial charge < -0.3 is 14.9 Å². The Bertz CT molecular complexity index is 1240. The number of amides is 1. The Morgan fingerprint density at radius 3 is 2.18 bits per heavy atom. The summed E-state index contributed by atoms with van der Waals surface area (Å²) in [6.07, 6.45) is -0.758. The van der Waals surface area contributed by atoms with Crippen LogP contribution in [0, 0.1) is 6.92 Å². The number of nitrogens with one attached hydrogen (secondary N) is 2. The molecule has 0 saturated carbocycles. The van der Waals surface area contributed by atoms with Crippen LogP contribution in [0.3, 0.4) is 0 Å². The van der Waals surface area contributed by atoms with E-state index in [9.17, 15) is 22.7 Å². The summed E-state index contributed by atoms with van der Waals surface area (Å²) < 4.78 is 46.4. The SMILES string of the molecule is Cc1ccc(C(NS(=O)(=O)CCNC(=O)OCc2ccccc2)P(=O)(O)c2ccccc2)cc1. The number of hydrogen-bond donors (Lipinski definition) is 3. The van der Waals surface area contributed by atoms with Gasteiger partial charge in [-0.1, -0.05) is 78.4 Å². The number of sulfonamides is 1. The molecule has 1 amide bonds. The summed E-state index contributed by atoms with van der Waals surface area (Å²) in [6.45, 7) is 1.68. The topological polar surface area (TPSA) is 122 Å². The standard InChI is InChI=1S/C24H27N2O6PS/c1-19-12-14-21(15-13-19)23(33(28,29)22-10-6-3-7-11-22)26-34(30,31)17-16-25-24(27)32-18-20-8-4-2-5-9-20/h2-15,23,26H,16-18H2,1H3,(H,25,27)(H,28,29). The molecule has 34 heavy (non-hydrogen) atoms. The van der Waals surface area contributed by atoms with Crippen LogP contribution < -0.4 is 15.3 Å². The van der Waals surface area contributed by atoms with Crippen molar-refractivity contribution in [3.8, 4) is 0 Å². The van der Waals surface area contributed by atoms with Crippen molar-refractivity contribution in [2.75, 3.05) is 12.3 Å². The molecule has 0 heterocycles. The van der Waals surface area contributed by atoms with Gasteiger partial charge in [0.15, 0.2) is 0 Å². The van der Waals surface area contributed by atoms with Gasteiger partial charge in [0.25, 0.3) is 7.37 Å². The van der Waals surface area contributed by atoms with Crippen LogP contribution in [0.2, 0.25) is 0 Å². The van der Waals surface area contributed by atoms with Gasteiger partial charge in [0.05, 0.1) is 5.75 Å². The average molecular weight is 503 g/mol. The van der Waals surface area contributed by atoms with Gasteiger partial charge in [0.2, 0.25) is 10.0 Å². The zero-order chi connectivity index (χ0) is 24.6. The highest BCUT2D eigenvalue weighted by atomic mass is 32.2. The highest BCUT2D eigenvalue weighted by Gasteiger charge is 2.37. The van der Waals surface area contributed by atoms with Crippen LogP contribution in [0.4, 0.5) is 4.79 Å². The van der Waals surface area contributed by atoms with E-state index in [2.05, 4.69) is 10.0 Å². The van der Waals surface area contributed by atoms with Crippen LogP contribution in [0.25, 0.3) is 0 Å². The average Bonchev–Trinajstić information content (AvgIpc) is 2.83. The molecule has 0 aliphatic heterocycles. The second kappa shape index (κ2) is 11.4. The van der Waals surface area contributed by atoms with E-state index in [0.717, 1.165) is 11.1 Å². The van der Waals surface area contributed by atoms with E-state index >= 15 is 0 Å². The van der Waals surface area contributed by atoms with Crippen molar-refractivity contribution in [1.82, 2.24) is 10.0 Å². The smallest absolute Gasteiger partial charge is 0.407 e. The number of carbonyl (C=O) groups is 1. The fourth-order valence-corrected chi connectivity index (χ4v) is 6.66. The lowest BCUT2D eigenvalue weighted by molar-refractivity contribution is 0.140. The van der Waals surface area contributed by atoms with Crippen LogP contribution in [0.15, 0.2) is 84.9 Å². The zero-order valence-electron chi connectivity index (χ0n) is 18.6. The van der Waals surface area contributed by atoms with Crippen molar-refractivity contribution in [2.45, 2.75) is 19.3 Å². The van der Waals surface area contributed by atoms with E-state index in [-0.39, 0.29) is 18.5 Å². The minimum Gasteiger partial charge on any atom is -0.445 e. The second-order valence-electron chi connectivity index (χ2n) is 7.70. The first kappa shape index (κ1) is 25.6. The van der Waals surface area contributed by atoms with Gasteiger partial charge >= 0.3 is 6.09 Å². The first-order chi connectivity index (χ1) is 16.2. The summed E-state index contributed by atoms with van der Waals surface area (Å²) in [4.78, 5) is 22.9. The van der Waals surface area contributed by atoms with E-state index < -0.39 is 35.0 Å². The predicted octanol–water partition coefficient (Wildman–Crippen LogP) is 3.44. The minimum absolute atomic E-state index is 0.0535. The monoisotopic (exact) mass is 502 g/mol. The van der Waals surface area contributed by atoms with Crippen LogP contribution in [0.5, 0.6) is 0 Å². The molecule has 0 spiro atoms. The number of benzene rings is 3. The van der Waals surface area contributed by atoms with Crippen LogP contribution in [-0.2, 0) is 25.9 Å². The van der Waals surface area contributed by atoms with Crippen molar-refractivity contribution < 1.29 is 27.4 Å². The first-order valence-corrected chi connectivity index (χ1v) is 13.9. The van der Waals surface area contributed by atoms with E-state index in [0.29, 0.717) is 5.56 Å². The molecule has 2 unspecified atom stereocenters. The number of hydrogen-bond acceptors (Lipinski definition) is 5. The van der Waals surface area contributed by atoms with Crippen molar-refractivity contribution in [1.29, 1.82) is 0 Å². The summed E-state index contributed by atoms with van der Waals surface area (Å²) >= 11 is 0. The fourth-order valence-electron chi connectivity index (χ4n) is 3.17. The molecule has 2 atom stereocenters. The zero-order valence-corrected chi connectivity index (χ0v) is 20.3. The molecule has 3 N–H and O–H groups in total. The van der Waals surface area contributed by atoms with Crippen LogP contribution in [0.1, 0.15) is 22.5 Å². The van der Waals surface area contributed by atoms with E-state index in [4.69, 9.17) is 4.74 Å². The molecule has 0 aliphatic rings. The molecule has 3 aromatic carbocycles. The maximum atomic E-state index is 13.4. The van der Waals surface area contributed by atoms with E-state index in [1.54, 1.807) is 54.6 Å². The van der Waals surface area contributed by atoms with Gasteiger partial charge in [-0.05, 0) is 30.2 Å². The molecule has 3 aromatic rings. The van der Waals surface area contributed by atoms with Gasteiger partial charge in [-0.3, -0.25) is 4.57 Å². The number of carbonyl (C=O) groups excluding carboxylic acids is 1. The largest absolute Gasteiger partial charge is 0.445 e. The molecule has 0 aromatic heterocycles. The lowest BCUT2D eigenvalue weighted by Crippen LogP contribution is -2.37. The molecule has 0 bridgehead atoms. The van der Waals surface area contributed by atoms with Gasteiger partial charge in [-0.2, -0.15) is 4.72 Å². The Morgan fingerprint density at radius 1 is 0.971 bits per heavy atom. The number of aryl methyl sites for hydroxylation is 1. The van der Waals surface area contributed by atoms with E-state index in [1.165, 1.54) is 12.1 Å². The van der Waals surface area contributed by atoms with Crippen LogP contribution >= 0.6 is 7.37 Å². The molecular formula is C24H27N2O6PS. The maximum Gasteiger partial charge on any atom is 0.407 e. The molecule has 0 radical (unpaired) electrons. The lowest BCUT2D eigenvalue weighted by atomic mass is 10.1. The summed E-state index contributed by atoms with van der Waals surface area (Å²) in [6, 6.07) is 23.7. The van der Waals surface area contributed by atoms with Gasteiger partial charge in [0, 0.05) is 11.8 Å². The molecule has 0 aliphatic carbocycles. The number of rotatable bonds is 10. The summed E-state index contributed by atoms with van der Waals surface area (Å²) in [5, 5.41) is 2.52. The van der Waals surface area contributed by atoms with Crippen LogP contribution in [-0.4, -0.2) is 31.7 Å². The normalized spacial score (nSPS) is 14.1. The van der Waals surface area contributed by atoms with E-state index in [1.807, 2.05) is 25.1 Å².